The van der Waals surface area contributed by atoms with Gasteiger partial charge in [0.1, 0.15) is 13.2 Å². The van der Waals surface area contributed by atoms with Crippen LogP contribution in [0.4, 0.5) is 9.59 Å². The average Bonchev–Trinajstić information content (AvgIpc) is 3.08. The van der Waals surface area contributed by atoms with Crippen LogP contribution in [-0.4, -0.2) is 53.1 Å². The standard InChI is InChI=1S/C40H52N2O6Si2/c1-49(2,3)47-37(35(27-31-19-11-7-12-20-31)41-39(43)45-29-33-23-15-9-16-24-33)38(48-50(4,5)6)36(28-32-21-13-8-14-22-32)42-40(44)46-30-34-25-17-10-18-26-34/h7-26,35-38H,27-30H2,1-6H3,(H,41,43)(H,42,44)/t35-,36-,37+,38+/m1/s1. The van der Waals surface area contributed by atoms with Crippen molar-refractivity contribution in [1.82, 2.24) is 10.6 Å². The maximum absolute atomic E-state index is 13.6. The lowest BCUT2D eigenvalue weighted by Gasteiger charge is -2.43. The summed E-state index contributed by atoms with van der Waals surface area (Å²) in [5.41, 5.74) is 3.81. The summed E-state index contributed by atoms with van der Waals surface area (Å²) in [7, 11) is -4.60. The number of rotatable bonds is 17. The van der Waals surface area contributed by atoms with Gasteiger partial charge < -0.3 is 29.0 Å². The Balaban J connectivity index is 1.73. The Morgan fingerprint density at radius 3 is 1.04 bits per heavy atom. The molecule has 0 aliphatic rings. The fourth-order valence-electron chi connectivity index (χ4n) is 5.64. The molecule has 0 aliphatic carbocycles. The van der Waals surface area contributed by atoms with Crippen molar-refractivity contribution in [1.29, 1.82) is 0 Å². The third-order valence-corrected chi connectivity index (χ3v) is 9.68. The summed E-state index contributed by atoms with van der Waals surface area (Å²) >= 11 is 0. The largest absolute Gasteiger partial charge is 0.445 e. The third kappa shape index (κ3) is 13.9. The van der Waals surface area contributed by atoms with Crippen LogP contribution in [0.15, 0.2) is 121 Å². The second kappa shape index (κ2) is 18.7. The monoisotopic (exact) mass is 712 g/mol. The molecule has 266 valence electrons. The average molecular weight is 713 g/mol. The maximum atomic E-state index is 13.6. The summed E-state index contributed by atoms with van der Waals surface area (Å²) in [5.74, 6) is 0. The lowest BCUT2D eigenvalue weighted by molar-refractivity contribution is -0.00345. The highest BCUT2D eigenvalue weighted by Gasteiger charge is 2.43. The van der Waals surface area contributed by atoms with E-state index in [-0.39, 0.29) is 13.2 Å². The molecule has 0 saturated heterocycles. The van der Waals surface area contributed by atoms with Crippen LogP contribution in [0.2, 0.25) is 39.3 Å². The number of hydrogen-bond donors (Lipinski definition) is 2. The molecule has 0 bridgehead atoms. The molecular weight excluding hydrogens is 661 g/mol. The predicted octanol–water partition coefficient (Wildman–Crippen LogP) is 8.50. The summed E-state index contributed by atoms with van der Waals surface area (Å²) in [5, 5.41) is 6.34. The van der Waals surface area contributed by atoms with E-state index < -0.39 is 53.1 Å². The van der Waals surface area contributed by atoms with E-state index in [9.17, 15) is 9.59 Å². The van der Waals surface area contributed by atoms with Gasteiger partial charge in [0.25, 0.3) is 0 Å². The molecule has 2 N–H and O–H groups in total. The highest BCUT2D eigenvalue weighted by Crippen LogP contribution is 2.26. The van der Waals surface area contributed by atoms with Crippen LogP contribution in [0.1, 0.15) is 22.3 Å². The highest BCUT2D eigenvalue weighted by atomic mass is 28.4. The molecule has 0 radical (unpaired) electrons. The van der Waals surface area contributed by atoms with Gasteiger partial charge in [-0.2, -0.15) is 0 Å². The molecule has 8 nitrogen and oxygen atoms in total. The molecule has 0 saturated carbocycles. The number of alkyl carbamates (subject to hydrolysis) is 2. The third-order valence-electron chi connectivity index (χ3n) is 7.73. The normalized spacial score (nSPS) is 14.1. The topological polar surface area (TPSA) is 95.1 Å². The van der Waals surface area contributed by atoms with Crippen LogP contribution in [0.5, 0.6) is 0 Å². The summed E-state index contributed by atoms with van der Waals surface area (Å²) in [6.07, 6.45) is -1.50. The van der Waals surface area contributed by atoms with E-state index in [0.717, 1.165) is 22.3 Å². The molecule has 0 heterocycles. The molecule has 4 aromatic rings. The van der Waals surface area contributed by atoms with Gasteiger partial charge in [-0.15, -0.1) is 0 Å². The van der Waals surface area contributed by atoms with E-state index in [1.807, 2.05) is 121 Å². The molecule has 0 fully saturated rings. The van der Waals surface area contributed by atoms with Crippen molar-refractivity contribution in [2.75, 3.05) is 0 Å². The molecule has 0 spiro atoms. The van der Waals surface area contributed by atoms with Crippen molar-refractivity contribution in [2.24, 2.45) is 0 Å². The molecule has 4 atom stereocenters. The Labute approximate surface area is 299 Å². The molecule has 4 aromatic carbocycles. The zero-order chi connectivity index (χ0) is 36.0. The van der Waals surface area contributed by atoms with Gasteiger partial charge in [-0.05, 0) is 74.4 Å². The first kappa shape index (κ1) is 38.6. The smallest absolute Gasteiger partial charge is 0.407 e. The van der Waals surface area contributed by atoms with Crippen LogP contribution in [0.3, 0.4) is 0 Å². The van der Waals surface area contributed by atoms with Crippen molar-refractivity contribution in [3.8, 4) is 0 Å². The molecule has 50 heavy (non-hydrogen) atoms. The number of benzene rings is 4. The van der Waals surface area contributed by atoms with E-state index in [2.05, 4.69) is 49.9 Å². The molecule has 10 heteroatoms. The number of ether oxygens (including phenoxy) is 2. The minimum Gasteiger partial charge on any atom is -0.445 e. The van der Waals surface area contributed by atoms with E-state index in [0.29, 0.717) is 12.8 Å². The Morgan fingerprint density at radius 2 is 0.760 bits per heavy atom. The van der Waals surface area contributed by atoms with Crippen molar-refractivity contribution in [2.45, 2.75) is 89.6 Å². The van der Waals surface area contributed by atoms with Gasteiger partial charge >= 0.3 is 12.2 Å². The van der Waals surface area contributed by atoms with Gasteiger partial charge in [-0.25, -0.2) is 9.59 Å². The minimum atomic E-state index is -2.30. The zero-order valence-corrected chi connectivity index (χ0v) is 32.1. The Kier molecular flexibility index (Phi) is 14.4. The van der Waals surface area contributed by atoms with Gasteiger partial charge in [0, 0.05) is 0 Å². The van der Waals surface area contributed by atoms with E-state index >= 15 is 0 Å². The van der Waals surface area contributed by atoms with Crippen molar-refractivity contribution in [3.05, 3.63) is 144 Å². The Bertz CT molecular complexity index is 1460. The van der Waals surface area contributed by atoms with Crippen LogP contribution >= 0.6 is 0 Å². The molecular formula is C40H52N2O6Si2. The number of amides is 2. The molecule has 2 amide bonds. The van der Waals surface area contributed by atoms with Crippen LogP contribution in [0, 0.1) is 0 Å². The van der Waals surface area contributed by atoms with Crippen LogP contribution < -0.4 is 10.6 Å². The first-order chi connectivity index (χ1) is 23.8. The quantitative estimate of drug-likeness (QED) is 0.107. The van der Waals surface area contributed by atoms with Gasteiger partial charge in [-0.3, -0.25) is 0 Å². The van der Waals surface area contributed by atoms with Gasteiger partial charge in [0.2, 0.25) is 0 Å². The number of carbonyl (C=O) groups is 2. The summed E-state index contributed by atoms with van der Waals surface area (Å²) in [6.45, 7) is 13.0. The SMILES string of the molecule is C[Si](C)(C)O[C@H]([C@@H](O[Si](C)(C)C)[C@@H](Cc1ccccc1)NC(=O)OCc1ccccc1)[C@@H](Cc1ccccc1)NC(=O)OCc1ccccc1. The molecule has 4 rings (SSSR count). The summed E-state index contributed by atoms with van der Waals surface area (Å²) in [4.78, 5) is 27.1. The van der Waals surface area contributed by atoms with Crippen LogP contribution in [-0.2, 0) is 44.4 Å². The fourth-order valence-corrected chi connectivity index (χ4v) is 7.87. The highest BCUT2D eigenvalue weighted by molar-refractivity contribution is 6.70. The first-order valence-corrected chi connectivity index (χ1v) is 24.0. The van der Waals surface area contributed by atoms with Crippen LogP contribution in [0.25, 0.3) is 0 Å². The van der Waals surface area contributed by atoms with Gasteiger partial charge in [0.15, 0.2) is 16.6 Å². The molecule has 0 aromatic heterocycles. The fraction of sp³-hybridized carbons (Fsp3) is 0.350. The molecule has 0 aliphatic heterocycles. The first-order valence-electron chi connectivity index (χ1n) is 17.2. The summed E-state index contributed by atoms with van der Waals surface area (Å²) in [6, 6.07) is 38.0. The zero-order valence-electron chi connectivity index (χ0n) is 30.1. The minimum absolute atomic E-state index is 0.130. The van der Waals surface area contributed by atoms with Gasteiger partial charge in [0.05, 0.1) is 24.3 Å². The van der Waals surface area contributed by atoms with E-state index in [4.69, 9.17) is 18.3 Å². The Morgan fingerprint density at radius 1 is 0.480 bits per heavy atom. The lowest BCUT2D eigenvalue weighted by atomic mass is 9.91. The van der Waals surface area contributed by atoms with E-state index in [1.54, 1.807) is 0 Å². The van der Waals surface area contributed by atoms with E-state index in [1.165, 1.54) is 0 Å². The van der Waals surface area contributed by atoms with Crippen molar-refractivity contribution >= 4 is 28.8 Å². The second-order valence-corrected chi connectivity index (χ2v) is 23.3. The van der Waals surface area contributed by atoms with Gasteiger partial charge in [-0.1, -0.05) is 121 Å². The van der Waals surface area contributed by atoms with Crippen molar-refractivity contribution < 1.29 is 27.9 Å². The summed E-state index contributed by atoms with van der Waals surface area (Å²) < 4.78 is 25.6. The number of carbonyl (C=O) groups excluding carboxylic acids is 2. The predicted molar refractivity (Wildman–Crippen MR) is 204 cm³/mol. The number of hydrogen-bond acceptors (Lipinski definition) is 6. The number of nitrogens with one attached hydrogen (secondary N) is 2. The second-order valence-electron chi connectivity index (χ2n) is 14.4. The Hall–Kier alpha value is -4.23. The lowest BCUT2D eigenvalue weighted by Crippen LogP contribution is -2.62. The van der Waals surface area contributed by atoms with Crippen molar-refractivity contribution in [3.63, 3.8) is 0 Å². The maximum Gasteiger partial charge on any atom is 0.407 e. The molecule has 0 unspecified atom stereocenters.